The topological polar surface area (TPSA) is 42.7 Å². The van der Waals surface area contributed by atoms with Crippen LogP contribution in [0.15, 0.2) is 24.4 Å². The maximum Gasteiger partial charge on any atom is 0.0738 e. The van der Waals surface area contributed by atoms with Crippen molar-refractivity contribution >= 4 is 0 Å². The van der Waals surface area contributed by atoms with Gasteiger partial charge in [0, 0.05) is 19.6 Å². The second-order valence-electron chi connectivity index (χ2n) is 4.81. The molecule has 1 aromatic carbocycles. The van der Waals surface area contributed by atoms with Gasteiger partial charge in [-0.1, -0.05) is 29.0 Å². The molecule has 0 aliphatic carbocycles. The fraction of sp³-hybridized carbons (Fsp3) is 0.429. The van der Waals surface area contributed by atoms with E-state index in [2.05, 4.69) is 54.6 Å². The highest BCUT2D eigenvalue weighted by Crippen LogP contribution is 2.19. The highest BCUT2D eigenvalue weighted by Gasteiger charge is 2.09. The van der Waals surface area contributed by atoms with Gasteiger partial charge in [0.1, 0.15) is 0 Å². The van der Waals surface area contributed by atoms with Gasteiger partial charge in [-0.3, -0.25) is 4.68 Å². The molecule has 0 aliphatic heterocycles. The smallest absolute Gasteiger partial charge is 0.0738 e. The maximum atomic E-state index is 3.93. The Morgan fingerprint density at radius 1 is 1.33 bits per heavy atom. The van der Waals surface area contributed by atoms with Crippen LogP contribution in [0.4, 0.5) is 0 Å². The molecule has 4 nitrogen and oxygen atoms in total. The van der Waals surface area contributed by atoms with E-state index < -0.39 is 0 Å². The lowest BCUT2D eigenvalue weighted by Gasteiger charge is -2.17. The van der Waals surface area contributed by atoms with Crippen LogP contribution in [0, 0.1) is 13.8 Å². The molecule has 0 radical (unpaired) electrons. The van der Waals surface area contributed by atoms with Crippen LogP contribution >= 0.6 is 0 Å². The summed E-state index contributed by atoms with van der Waals surface area (Å²) in [6.07, 6.45) is 1.79. The van der Waals surface area contributed by atoms with Crippen LogP contribution in [0.2, 0.25) is 0 Å². The first kappa shape index (κ1) is 12.8. The first-order valence-electron chi connectivity index (χ1n) is 6.22. The van der Waals surface area contributed by atoms with Gasteiger partial charge in [0.05, 0.1) is 11.9 Å². The van der Waals surface area contributed by atoms with Crippen molar-refractivity contribution in [3.8, 4) is 0 Å². The number of hydrogen-bond acceptors (Lipinski definition) is 3. The van der Waals surface area contributed by atoms with Gasteiger partial charge in [0.15, 0.2) is 0 Å². The van der Waals surface area contributed by atoms with Crippen molar-refractivity contribution in [2.75, 3.05) is 0 Å². The van der Waals surface area contributed by atoms with Crippen molar-refractivity contribution in [1.29, 1.82) is 0 Å². The number of rotatable bonds is 4. The third-order valence-electron chi connectivity index (χ3n) is 3.30. The van der Waals surface area contributed by atoms with E-state index >= 15 is 0 Å². The zero-order valence-electron chi connectivity index (χ0n) is 11.4. The fourth-order valence-electron chi connectivity index (χ4n) is 2.07. The quantitative estimate of drug-likeness (QED) is 0.897. The molecule has 1 unspecified atom stereocenters. The predicted octanol–water partition coefficient (Wildman–Crippen LogP) is 2.28. The van der Waals surface area contributed by atoms with Gasteiger partial charge < -0.3 is 5.32 Å². The Morgan fingerprint density at radius 3 is 2.78 bits per heavy atom. The van der Waals surface area contributed by atoms with Gasteiger partial charge in [-0.05, 0) is 31.9 Å². The molecule has 0 saturated heterocycles. The van der Waals surface area contributed by atoms with Gasteiger partial charge in [0.2, 0.25) is 0 Å². The molecule has 1 aromatic heterocycles. The van der Waals surface area contributed by atoms with Gasteiger partial charge in [-0.15, -0.1) is 5.10 Å². The Bertz CT molecular complexity index is 530. The molecule has 0 aliphatic rings. The van der Waals surface area contributed by atoms with E-state index in [0.29, 0.717) is 6.04 Å². The summed E-state index contributed by atoms with van der Waals surface area (Å²) in [5.74, 6) is 0. The molecule has 0 amide bonds. The SMILES string of the molecule is Cc1ccc(C)c(C(C)NCc2cnnn2C)c1. The Morgan fingerprint density at radius 2 is 2.11 bits per heavy atom. The van der Waals surface area contributed by atoms with E-state index in [1.807, 2.05) is 7.05 Å². The summed E-state index contributed by atoms with van der Waals surface area (Å²) in [4.78, 5) is 0. The number of aryl methyl sites for hydroxylation is 3. The second kappa shape index (κ2) is 5.31. The third-order valence-corrected chi connectivity index (χ3v) is 3.30. The van der Waals surface area contributed by atoms with E-state index in [1.165, 1.54) is 16.7 Å². The summed E-state index contributed by atoms with van der Waals surface area (Å²) in [6.45, 7) is 7.24. The van der Waals surface area contributed by atoms with E-state index in [9.17, 15) is 0 Å². The summed E-state index contributed by atoms with van der Waals surface area (Å²) in [7, 11) is 1.91. The standard InChI is InChI=1S/C14H20N4/c1-10-5-6-11(2)14(7-10)12(3)15-8-13-9-16-17-18(13)4/h5-7,9,12,15H,8H2,1-4H3. The van der Waals surface area contributed by atoms with Crippen molar-refractivity contribution < 1.29 is 0 Å². The Balaban J connectivity index is 2.06. The summed E-state index contributed by atoms with van der Waals surface area (Å²) in [6, 6.07) is 6.89. The monoisotopic (exact) mass is 244 g/mol. The molecular formula is C14H20N4. The van der Waals surface area contributed by atoms with E-state index in [0.717, 1.165) is 12.2 Å². The van der Waals surface area contributed by atoms with Crippen LogP contribution in [-0.4, -0.2) is 15.0 Å². The lowest BCUT2D eigenvalue weighted by molar-refractivity contribution is 0.544. The normalized spacial score (nSPS) is 12.7. The minimum absolute atomic E-state index is 0.319. The predicted molar refractivity (Wildman–Crippen MR) is 72.2 cm³/mol. The van der Waals surface area contributed by atoms with Crippen molar-refractivity contribution in [3.63, 3.8) is 0 Å². The number of nitrogens with one attached hydrogen (secondary N) is 1. The van der Waals surface area contributed by atoms with Crippen LogP contribution in [0.1, 0.15) is 35.3 Å². The molecule has 0 fully saturated rings. The van der Waals surface area contributed by atoms with E-state index in [4.69, 9.17) is 0 Å². The molecule has 1 atom stereocenters. The van der Waals surface area contributed by atoms with Gasteiger partial charge in [-0.2, -0.15) is 0 Å². The van der Waals surface area contributed by atoms with Crippen LogP contribution in [0.5, 0.6) is 0 Å². The number of nitrogens with zero attached hydrogens (tertiary/aromatic N) is 3. The first-order chi connectivity index (χ1) is 8.58. The molecule has 0 saturated carbocycles. The molecule has 2 aromatic rings. The van der Waals surface area contributed by atoms with Crippen molar-refractivity contribution in [3.05, 3.63) is 46.8 Å². The maximum absolute atomic E-state index is 3.93. The molecule has 1 heterocycles. The van der Waals surface area contributed by atoms with Crippen LogP contribution in [0.25, 0.3) is 0 Å². The van der Waals surface area contributed by atoms with Crippen molar-refractivity contribution in [2.24, 2.45) is 7.05 Å². The zero-order chi connectivity index (χ0) is 13.1. The lowest BCUT2D eigenvalue weighted by Crippen LogP contribution is -2.20. The van der Waals surface area contributed by atoms with E-state index in [-0.39, 0.29) is 0 Å². The Kier molecular flexibility index (Phi) is 3.77. The fourth-order valence-corrected chi connectivity index (χ4v) is 2.07. The Labute approximate surface area is 108 Å². The molecular weight excluding hydrogens is 224 g/mol. The van der Waals surface area contributed by atoms with E-state index in [1.54, 1.807) is 10.9 Å². The number of benzene rings is 1. The average molecular weight is 244 g/mol. The van der Waals surface area contributed by atoms with Crippen LogP contribution in [0.3, 0.4) is 0 Å². The van der Waals surface area contributed by atoms with Crippen LogP contribution < -0.4 is 5.32 Å². The summed E-state index contributed by atoms with van der Waals surface area (Å²) in [5, 5.41) is 11.3. The second-order valence-corrected chi connectivity index (χ2v) is 4.81. The molecule has 0 spiro atoms. The van der Waals surface area contributed by atoms with Gasteiger partial charge in [0.25, 0.3) is 0 Å². The summed E-state index contributed by atoms with van der Waals surface area (Å²) < 4.78 is 1.79. The third kappa shape index (κ3) is 2.76. The average Bonchev–Trinajstić information content (AvgIpc) is 2.75. The number of aromatic nitrogens is 3. The summed E-state index contributed by atoms with van der Waals surface area (Å²) in [5.41, 5.74) is 5.06. The first-order valence-corrected chi connectivity index (χ1v) is 6.22. The molecule has 1 N–H and O–H groups in total. The molecule has 4 heteroatoms. The lowest BCUT2D eigenvalue weighted by atomic mass is 10.00. The molecule has 18 heavy (non-hydrogen) atoms. The highest BCUT2D eigenvalue weighted by molar-refractivity contribution is 5.32. The van der Waals surface area contributed by atoms with Crippen LogP contribution in [-0.2, 0) is 13.6 Å². The largest absolute Gasteiger partial charge is 0.305 e. The zero-order valence-corrected chi connectivity index (χ0v) is 11.4. The van der Waals surface area contributed by atoms with Crippen molar-refractivity contribution in [2.45, 2.75) is 33.4 Å². The van der Waals surface area contributed by atoms with Gasteiger partial charge in [-0.25, -0.2) is 0 Å². The summed E-state index contributed by atoms with van der Waals surface area (Å²) >= 11 is 0. The molecule has 96 valence electrons. The molecule has 0 bridgehead atoms. The number of hydrogen-bond donors (Lipinski definition) is 1. The minimum atomic E-state index is 0.319. The Hall–Kier alpha value is -1.68. The van der Waals surface area contributed by atoms with Crippen molar-refractivity contribution in [1.82, 2.24) is 20.3 Å². The highest BCUT2D eigenvalue weighted by atomic mass is 15.4. The van der Waals surface area contributed by atoms with Gasteiger partial charge >= 0.3 is 0 Å². The minimum Gasteiger partial charge on any atom is -0.305 e. The molecule has 2 rings (SSSR count).